The Kier molecular flexibility index (Phi) is 4.10. The summed E-state index contributed by atoms with van der Waals surface area (Å²) >= 11 is 14.4. The quantitative estimate of drug-likeness (QED) is 0.546. The fraction of sp³-hybridized carbons (Fsp3) is 0. The van der Waals surface area contributed by atoms with Gasteiger partial charge in [-0.15, -0.1) is 0 Å². The second-order valence-electron chi connectivity index (χ2n) is 4.40. The molecule has 0 fully saturated rings. The van der Waals surface area contributed by atoms with E-state index in [1.165, 1.54) is 0 Å². The zero-order chi connectivity index (χ0) is 15.0. The highest BCUT2D eigenvalue weighted by Crippen LogP contribution is 2.39. The molecule has 0 aliphatic carbocycles. The summed E-state index contributed by atoms with van der Waals surface area (Å²) in [5.41, 5.74) is 9.04. The fourth-order valence-electron chi connectivity index (χ4n) is 2.09. The molecule has 0 atom stereocenters. The van der Waals surface area contributed by atoms with Crippen molar-refractivity contribution >= 4 is 51.7 Å². The molecule has 2 N–H and O–H groups in total. The van der Waals surface area contributed by atoms with Crippen LogP contribution in [0.4, 0.5) is 5.88 Å². The van der Waals surface area contributed by atoms with Crippen LogP contribution in [0.25, 0.3) is 22.4 Å². The first kappa shape index (κ1) is 14.7. The average molecular weight is 431 g/mol. The van der Waals surface area contributed by atoms with Crippen molar-refractivity contribution in [3.63, 3.8) is 0 Å². The molecule has 0 spiro atoms. The van der Waals surface area contributed by atoms with Gasteiger partial charge in [0.2, 0.25) is 5.88 Å². The van der Waals surface area contributed by atoms with Crippen LogP contribution in [0.2, 0.25) is 10.0 Å². The van der Waals surface area contributed by atoms with Gasteiger partial charge in [-0.25, -0.2) is 0 Å². The summed E-state index contributed by atoms with van der Waals surface area (Å²) in [7, 11) is 0. The summed E-state index contributed by atoms with van der Waals surface area (Å²) < 4.78 is 6.19. The molecular formula is C15H9Cl2IN2O. The van der Waals surface area contributed by atoms with Crippen LogP contribution < -0.4 is 5.73 Å². The van der Waals surface area contributed by atoms with Crippen LogP contribution in [-0.2, 0) is 0 Å². The second-order valence-corrected chi connectivity index (χ2v) is 6.44. The molecule has 6 heteroatoms. The molecule has 1 aromatic heterocycles. The number of nitrogens with two attached hydrogens (primary N) is 1. The van der Waals surface area contributed by atoms with Crippen LogP contribution in [-0.4, -0.2) is 5.16 Å². The molecule has 0 aliphatic rings. The molecule has 0 amide bonds. The first-order chi connectivity index (χ1) is 10.1. The molecule has 3 nitrogen and oxygen atoms in total. The summed E-state index contributed by atoms with van der Waals surface area (Å²) in [6.45, 7) is 0. The van der Waals surface area contributed by atoms with Gasteiger partial charge in [0, 0.05) is 19.2 Å². The van der Waals surface area contributed by atoms with Gasteiger partial charge in [0.05, 0.1) is 5.56 Å². The number of hydrogen-bond donors (Lipinski definition) is 1. The molecule has 3 aromatic rings. The number of aromatic nitrogens is 1. The van der Waals surface area contributed by atoms with Gasteiger partial charge in [-0.05, 0) is 58.5 Å². The molecular weight excluding hydrogens is 422 g/mol. The summed E-state index contributed by atoms with van der Waals surface area (Å²) in [5.74, 6) is 0.253. The van der Waals surface area contributed by atoms with Gasteiger partial charge in [-0.1, -0.05) is 40.5 Å². The number of benzene rings is 2. The van der Waals surface area contributed by atoms with Crippen molar-refractivity contribution in [2.75, 3.05) is 5.73 Å². The van der Waals surface area contributed by atoms with Gasteiger partial charge in [-0.2, -0.15) is 0 Å². The van der Waals surface area contributed by atoms with E-state index in [-0.39, 0.29) is 5.88 Å². The van der Waals surface area contributed by atoms with Crippen LogP contribution in [0, 0.1) is 3.57 Å². The number of nitrogens with zero attached hydrogens (tertiary/aromatic N) is 1. The lowest BCUT2D eigenvalue weighted by Gasteiger charge is -2.06. The van der Waals surface area contributed by atoms with Crippen LogP contribution in [0.1, 0.15) is 0 Å². The Morgan fingerprint density at radius 2 is 1.81 bits per heavy atom. The largest absolute Gasteiger partial charge is 0.367 e. The minimum absolute atomic E-state index is 0.253. The predicted molar refractivity (Wildman–Crippen MR) is 94.5 cm³/mol. The van der Waals surface area contributed by atoms with Gasteiger partial charge < -0.3 is 10.3 Å². The molecule has 2 aromatic carbocycles. The first-order valence-corrected chi connectivity index (χ1v) is 7.86. The monoisotopic (exact) mass is 430 g/mol. The summed E-state index contributed by atoms with van der Waals surface area (Å²) in [6, 6.07) is 13.0. The third-order valence-electron chi connectivity index (χ3n) is 3.02. The number of hydrogen-bond acceptors (Lipinski definition) is 3. The highest BCUT2D eigenvalue weighted by Gasteiger charge is 2.19. The number of nitrogen functional groups attached to an aromatic ring is 1. The Bertz CT molecular complexity index is 817. The zero-order valence-corrected chi connectivity index (χ0v) is 14.3. The Morgan fingerprint density at radius 3 is 2.57 bits per heavy atom. The molecule has 1 heterocycles. The van der Waals surface area contributed by atoms with Crippen molar-refractivity contribution in [3.8, 4) is 22.4 Å². The van der Waals surface area contributed by atoms with E-state index >= 15 is 0 Å². The summed E-state index contributed by atoms with van der Waals surface area (Å²) in [4.78, 5) is 0. The third kappa shape index (κ3) is 2.88. The normalized spacial score (nSPS) is 10.8. The molecule has 0 radical (unpaired) electrons. The summed E-state index contributed by atoms with van der Waals surface area (Å²) in [6.07, 6.45) is 0. The van der Waals surface area contributed by atoms with Gasteiger partial charge >= 0.3 is 0 Å². The van der Waals surface area contributed by atoms with Crippen LogP contribution in [0.5, 0.6) is 0 Å². The lowest BCUT2D eigenvalue weighted by atomic mass is 10.0. The van der Waals surface area contributed by atoms with E-state index in [1.807, 2.05) is 36.4 Å². The van der Waals surface area contributed by atoms with E-state index in [0.717, 1.165) is 20.3 Å². The van der Waals surface area contributed by atoms with Crippen molar-refractivity contribution < 1.29 is 4.52 Å². The molecule has 0 saturated carbocycles. The molecule has 106 valence electrons. The fourth-order valence-corrected chi connectivity index (χ4v) is 3.04. The Morgan fingerprint density at radius 1 is 1.05 bits per heavy atom. The van der Waals surface area contributed by atoms with Crippen LogP contribution in [0.3, 0.4) is 0 Å². The van der Waals surface area contributed by atoms with E-state index in [1.54, 1.807) is 6.07 Å². The van der Waals surface area contributed by atoms with Gasteiger partial charge in [0.15, 0.2) is 0 Å². The van der Waals surface area contributed by atoms with E-state index in [2.05, 4.69) is 27.7 Å². The van der Waals surface area contributed by atoms with Gasteiger partial charge in [-0.3, -0.25) is 0 Å². The molecule has 21 heavy (non-hydrogen) atoms. The van der Waals surface area contributed by atoms with E-state index < -0.39 is 0 Å². The minimum atomic E-state index is 0.253. The molecule has 0 aliphatic heterocycles. The highest BCUT2D eigenvalue weighted by atomic mass is 127. The van der Waals surface area contributed by atoms with Gasteiger partial charge in [0.1, 0.15) is 5.69 Å². The summed E-state index contributed by atoms with van der Waals surface area (Å²) in [5, 5.41) is 5.34. The van der Waals surface area contributed by atoms with E-state index in [0.29, 0.717) is 15.7 Å². The Labute approximate surface area is 145 Å². The van der Waals surface area contributed by atoms with Crippen molar-refractivity contribution in [2.24, 2.45) is 0 Å². The highest BCUT2D eigenvalue weighted by molar-refractivity contribution is 14.1. The van der Waals surface area contributed by atoms with Crippen LogP contribution in [0.15, 0.2) is 47.0 Å². The molecule has 0 unspecified atom stereocenters. The first-order valence-electron chi connectivity index (χ1n) is 6.03. The lowest BCUT2D eigenvalue weighted by molar-refractivity contribution is 0.439. The van der Waals surface area contributed by atoms with E-state index in [9.17, 15) is 0 Å². The van der Waals surface area contributed by atoms with Crippen molar-refractivity contribution in [1.29, 1.82) is 0 Å². The Balaban J connectivity index is 2.24. The third-order valence-corrected chi connectivity index (χ3v) is 4.43. The van der Waals surface area contributed by atoms with Crippen molar-refractivity contribution in [2.45, 2.75) is 0 Å². The second kappa shape index (κ2) is 5.87. The van der Waals surface area contributed by atoms with E-state index in [4.69, 9.17) is 33.5 Å². The van der Waals surface area contributed by atoms with Crippen molar-refractivity contribution in [1.82, 2.24) is 5.16 Å². The average Bonchev–Trinajstić information content (AvgIpc) is 2.83. The topological polar surface area (TPSA) is 52.0 Å². The molecule has 3 rings (SSSR count). The molecule has 0 bridgehead atoms. The Hall–Kier alpha value is -1.24. The van der Waals surface area contributed by atoms with Gasteiger partial charge in [0.25, 0.3) is 0 Å². The maximum absolute atomic E-state index is 6.08. The predicted octanol–water partition coefficient (Wildman–Crippen LogP) is 5.50. The SMILES string of the molecule is Nc1onc(-c2cc(Cl)ccc2I)c1-c1cccc(Cl)c1. The molecule has 0 saturated heterocycles. The smallest absolute Gasteiger partial charge is 0.230 e. The number of rotatable bonds is 2. The number of halogens is 3. The standard InChI is InChI=1S/C15H9Cl2IN2O/c16-9-3-1-2-8(6-9)13-14(20-21-15(13)19)11-7-10(17)4-5-12(11)18/h1-7H,19H2. The lowest BCUT2D eigenvalue weighted by Crippen LogP contribution is -1.89. The van der Waals surface area contributed by atoms with Crippen molar-refractivity contribution in [3.05, 3.63) is 56.1 Å². The maximum Gasteiger partial charge on any atom is 0.230 e. The zero-order valence-electron chi connectivity index (χ0n) is 10.6. The maximum atomic E-state index is 6.08. The minimum Gasteiger partial charge on any atom is -0.367 e. The van der Waals surface area contributed by atoms with Crippen LogP contribution >= 0.6 is 45.8 Å². The number of anilines is 1.